The highest BCUT2D eigenvalue weighted by Crippen LogP contribution is 2.22. The molecule has 3 N–H and O–H groups in total. The van der Waals surface area contributed by atoms with Gasteiger partial charge < -0.3 is 16.0 Å². The lowest BCUT2D eigenvalue weighted by Gasteiger charge is -2.14. The van der Waals surface area contributed by atoms with Crippen molar-refractivity contribution >= 4 is 52.6 Å². The minimum Gasteiger partial charge on any atom is -0.353 e. The molecule has 0 spiro atoms. The third-order valence-electron chi connectivity index (χ3n) is 3.54. The summed E-state index contributed by atoms with van der Waals surface area (Å²) in [6, 6.07) is 7.27. The van der Waals surface area contributed by atoms with Gasteiger partial charge in [-0.3, -0.25) is 4.79 Å². The van der Waals surface area contributed by atoms with Gasteiger partial charge in [0.05, 0.1) is 5.75 Å². The van der Waals surface area contributed by atoms with E-state index in [1.807, 2.05) is 27.7 Å². The minimum atomic E-state index is -0.161. The number of nitrogens with zero attached hydrogens (tertiary/aromatic N) is 5. The van der Waals surface area contributed by atoms with Crippen molar-refractivity contribution in [2.24, 2.45) is 0 Å². The molecule has 0 unspecified atom stereocenters. The van der Waals surface area contributed by atoms with Crippen LogP contribution in [0.1, 0.15) is 27.7 Å². The average molecular weight is 435 g/mol. The summed E-state index contributed by atoms with van der Waals surface area (Å²) >= 11 is 7.12. The van der Waals surface area contributed by atoms with E-state index in [0.29, 0.717) is 33.5 Å². The number of hydrogen-bond acceptors (Lipinski definition) is 8. The quantitative estimate of drug-likeness (QED) is 0.462. The smallest absolute Gasteiger partial charge is 0.261 e. The lowest BCUT2D eigenvalue weighted by atomic mass is 10.3. The van der Waals surface area contributed by atoms with Crippen LogP contribution in [0.4, 0.5) is 17.6 Å². The Hall–Kier alpha value is -2.59. The number of amides is 1. The number of aromatic nitrogens is 5. The van der Waals surface area contributed by atoms with Gasteiger partial charge in [0.25, 0.3) is 5.78 Å². The molecule has 0 atom stereocenters. The first-order chi connectivity index (χ1) is 13.8. The summed E-state index contributed by atoms with van der Waals surface area (Å²) in [5.41, 5.74) is 0.681. The zero-order valence-corrected chi connectivity index (χ0v) is 18.2. The molecule has 2 aromatic heterocycles. The Bertz CT molecular complexity index is 989. The number of anilines is 3. The van der Waals surface area contributed by atoms with E-state index in [2.05, 4.69) is 36.1 Å². The zero-order chi connectivity index (χ0) is 21.0. The summed E-state index contributed by atoms with van der Waals surface area (Å²) in [6.45, 7) is 8.04. The molecular formula is C18H23ClN8OS. The summed E-state index contributed by atoms with van der Waals surface area (Å²) in [6.07, 6.45) is 0. The second kappa shape index (κ2) is 9.27. The minimum absolute atomic E-state index is 0.147. The second-order valence-electron chi connectivity index (χ2n) is 6.93. The van der Waals surface area contributed by atoms with Crippen molar-refractivity contribution in [3.8, 4) is 0 Å². The van der Waals surface area contributed by atoms with Gasteiger partial charge in [0.1, 0.15) is 0 Å². The van der Waals surface area contributed by atoms with Gasteiger partial charge in [-0.05, 0) is 52.0 Å². The van der Waals surface area contributed by atoms with Crippen LogP contribution in [0.2, 0.25) is 5.02 Å². The highest BCUT2D eigenvalue weighted by Gasteiger charge is 2.17. The Kier molecular flexibility index (Phi) is 6.75. The lowest BCUT2D eigenvalue weighted by Crippen LogP contribution is -2.19. The van der Waals surface area contributed by atoms with E-state index in [1.54, 1.807) is 28.7 Å². The van der Waals surface area contributed by atoms with Crippen molar-refractivity contribution in [2.75, 3.05) is 21.7 Å². The summed E-state index contributed by atoms with van der Waals surface area (Å²) in [7, 11) is 0. The van der Waals surface area contributed by atoms with Crippen molar-refractivity contribution in [3.05, 3.63) is 29.3 Å². The van der Waals surface area contributed by atoms with Gasteiger partial charge in [-0.1, -0.05) is 23.4 Å². The van der Waals surface area contributed by atoms with Crippen molar-refractivity contribution < 1.29 is 4.79 Å². The van der Waals surface area contributed by atoms with Crippen molar-refractivity contribution in [2.45, 2.75) is 44.9 Å². The standard InChI is InChI=1S/C18H23ClN8OS/c1-10(2)20-15-23-16(21-11(3)4)27-17(24-15)25-26-18(27)29-9-14(28)22-13-7-5-12(19)6-8-13/h5-8,10-11H,9H2,1-4H3,(H,22,28)(H2,20,21,23,24,25). The molecule has 2 heterocycles. The Balaban J connectivity index is 1.78. The molecule has 1 aromatic carbocycles. The maximum absolute atomic E-state index is 12.3. The molecule has 0 aliphatic carbocycles. The Morgan fingerprint density at radius 1 is 1.07 bits per heavy atom. The lowest BCUT2D eigenvalue weighted by molar-refractivity contribution is -0.113. The topological polar surface area (TPSA) is 109 Å². The Labute approximate surface area is 178 Å². The van der Waals surface area contributed by atoms with Crippen molar-refractivity contribution in [1.82, 2.24) is 24.6 Å². The van der Waals surface area contributed by atoms with Gasteiger partial charge in [0.15, 0.2) is 5.16 Å². The molecule has 0 aliphatic rings. The van der Waals surface area contributed by atoms with Crippen LogP contribution in [0.25, 0.3) is 5.78 Å². The number of carbonyl (C=O) groups is 1. The fourth-order valence-electron chi connectivity index (χ4n) is 2.42. The molecule has 0 radical (unpaired) electrons. The number of hydrogen-bond donors (Lipinski definition) is 3. The van der Waals surface area contributed by atoms with Gasteiger partial charge >= 0.3 is 0 Å². The monoisotopic (exact) mass is 434 g/mol. The van der Waals surface area contributed by atoms with E-state index in [9.17, 15) is 4.79 Å². The highest BCUT2D eigenvalue weighted by molar-refractivity contribution is 7.99. The number of halogens is 1. The van der Waals surface area contributed by atoms with Crippen LogP contribution < -0.4 is 16.0 Å². The second-order valence-corrected chi connectivity index (χ2v) is 8.31. The van der Waals surface area contributed by atoms with Crippen LogP contribution in [0.15, 0.2) is 29.4 Å². The van der Waals surface area contributed by atoms with Crippen molar-refractivity contribution in [1.29, 1.82) is 0 Å². The van der Waals surface area contributed by atoms with Crippen LogP contribution in [0.5, 0.6) is 0 Å². The summed E-state index contributed by atoms with van der Waals surface area (Å²) in [4.78, 5) is 21.2. The average Bonchev–Trinajstić information content (AvgIpc) is 3.04. The molecule has 9 nitrogen and oxygen atoms in total. The van der Waals surface area contributed by atoms with Gasteiger partial charge in [0.2, 0.25) is 17.8 Å². The van der Waals surface area contributed by atoms with E-state index in [4.69, 9.17) is 11.6 Å². The van der Waals surface area contributed by atoms with E-state index in [1.165, 1.54) is 11.8 Å². The first kappa shape index (κ1) is 21.1. The molecule has 0 saturated carbocycles. The molecule has 0 aliphatic heterocycles. The third kappa shape index (κ3) is 5.70. The molecule has 1 amide bonds. The molecule has 0 bridgehead atoms. The molecule has 11 heteroatoms. The van der Waals surface area contributed by atoms with Gasteiger partial charge in [-0.15, -0.1) is 10.2 Å². The van der Waals surface area contributed by atoms with Crippen LogP contribution in [0.3, 0.4) is 0 Å². The SMILES string of the molecule is CC(C)Nc1nc(NC(C)C)n2c(SCC(=O)Nc3ccc(Cl)cc3)nnc2n1. The molecule has 154 valence electrons. The number of benzene rings is 1. The van der Waals surface area contributed by atoms with E-state index in [0.717, 1.165) is 0 Å². The highest BCUT2D eigenvalue weighted by atomic mass is 35.5. The maximum atomic E-state index is 12.3. The summed E-state index contributed by atoms with van der Waals surface area (Å²) < 4.78 is 1.71. The first-order valence-electron chi connectivity index (χ1n) is 9.16. The predicted molar refractivity (Wildman–Crippen MR) is 117 cm³/mol. The maximum Gasteiger partial charge on any atom is 0.261 e. The van der Waals surface area contributed by atoms with Crippen LogP contribution in [-0.4, -0.2) is 48.3 Å². The van der Waals surface area contributed by atoms with Gasteiger partial charge in [-0.25, -0.2) is 4.40 Å². The summed E-state index contributed by atoms with van der Waals surface area (Å²) in [5.74, 6) is 1.45. The number of fused-ring (bicyclic) bond motifs is 1. The number of carbonyl (C=O) groups excluding carboxylic acids is 1. The normalized spacial score (nSPS) is 11.3. The molecular weight excluding hydrogens is 412 g/mol. The molecule has 3 rings (SSSR count). The molecule has 0 saturated heterocycles. The first-order valence-corrected chi connectivity index (χ1v) is 10.5. The van der Waals surface area contributed by atoms with E-state index < -0.39 is 0 Å². The fraction of sp³-hybridized carbons (Fsp3) is 0.389. The van der Waals surface area contributed by atoms with E-state index >= 15 is 0 Å². The van der Waals surface area contributed by atoms with Crippen LogP contribution in [0, 0.1) is 0 Å². The third-order valence-corrected chi connectivity index (χ3v) is 4.72. The molecule has 29 heavy (non-hydrogen) atoms. The van der Waals surface area contributed by atoms with Gasteiger partial charge in [-0.2, -0.15) is 9.97 Å². The van der Waals surface area contributed by atoms with Crippen LogP contribution >= 0.6 is 23.4 Å². The van der Waals surface area contributed by atoms with Gasteiger partial charge in [0, 0.05) is 22.8 Å². The van der Waals surface area contributed by atoms with Crippen LogP contribution in [-0.2, 0) is 4.79 Å². The molecule has 3 aromatic rings. The molecule has 0 fully saturated rings. The Morgan fingerprint density at radius 3 is 2.41 bits per heavy atom. The number of nitrogens with one attached hydrogen (secondary N) is 3. The fourth-order valence-corrected chi connectivity index (χ4v) is 3.28. The zero-order valence-electron chi connectivity index (χ0n) is 16.6. The summed E-state index contributed by atoms with van der Waals surface area (Å²) in [5, 5.41) is 18.8. The largest absolute Gasteiger partial charge is 0.353 e. The number of rotatable bonds is 8. The van der Waals surface area contributed by atoms with Crippen molar-refractivity contribution in [3.63, 3.8) is 0 Å². The number of thioether (sulfide) groups is 1. The van der Waals surface area contributed by atoms with E-state index in [-0.39, 0.29) is 23.7 Å². The Morgan fingerprint density at radius 2 is 1.76 bits per heavy atom. The predicted octanol–water partition coefficient (Wildman–Crippen LogP) is 3.54.